The lowest BCUT2D eigenvalue weighted by molar-refractivity contribution is 0.0380. The molecule has 1 saturated carbocycles. The second-order valence-electron chi connectivity index (χ2n) is 10.6. The van der Waals surface area contributed by atoms with E-state index < -0.39 is 5.97 Å². The van der Waals surface area contributed by atoms with Crippen molar-refractivity contribution in [2.75, 3.05) is 5.32 Å². The summed E-state index contributed by atoms with van der Waals surface area (Å²) in [5, 5.41) is 18.8. The third kappa shape index (κ3) is 5.46. The molecule has 1 fully saturated rings. The van der Waals surface area contributed by atoms with E-state index in [9.17, 15) is 10.1 Å². The Balaban J connectivity index is 1.20. The molecule has 6 rings (SSSR count). The van der Waals surface area contributed by atoms with Gasteiger partial charge in [0.2, 0.25) is 0 Å². The van der Waals surface area contributed by atoms with E-state index in [1.807, 2.05) is 60.4 Å². The summed E-state index contributed by atoms with van der Waals surface area (Å²) < 4.78 is 9.43. The van der Waals surface area contributed by atoms with Crippen LogP contribution in [0.1, 0.15) is 54.1 Å². The average Bonchev–Trinajstić information content (AvgIpc) is 3.79. The summed E-state index contributed by atoms with van der Waals surface area (Å²) in [6.45, 7) is 1.90. The van der Waals surface area contributed by atoms with Crippen LogP contribution in [0.25, 0.3) is 22.3 Å². The van der Waals surface area contributed by atoms with Gasteiger partial charge in [0, 0.05) is 34.1 Å². The maximum absolute atomic E-state index is 13.2. The third-order valence-corrected chi connectivity index (χ3v) is 8.44. The van der Waals surface area contributed by atoms with Crippen molar-refractivity contribution in [2.24, 2.45) is 5.92 Å². The fraction of sp³-hybridized carbons (Fsp3) is 0.281. The van der Waals surface area contributed by atoms with Crippen molar-refractivity contribution >= 4 is 40.0 Å². The SMILES string of the molecule is Cc1c(Cl)cccc1Nc1ccccc1C(=O)OCn1ccc2c(-c3cnn(C(CC#N)C4CCCC4)c3)ncnc21. The Morgan fingerprint density at radius 2 is 1.95 bits per heavy atom. The van der Waals surface area contributed by atoms with Crippen LogP contribution in [0.4, 0.5) is 11.4 Å². The van der Waals surface area contributed by atoms with Crippen molar-refractivity contribution < 1.29 is 9.53 Å². The molecule has 3 heterocycles. The monoisotopic (exact) mass is 579 g/mol. The number of hydrogen-bond acceptors (Lipinski definition) is 7. The second kappa shape index (κ2) is 12.0. The Kier molecular flexibility index (Phi) is 7.89. The number of benzene rings is 2. The zero-order valence-corrected chi connectivity index (χ0v) is 24.0. The zero-order chi connectivity index (χ0) is 29.1. The van der Waals surface area contributed by atoms with Gasteiger partial charge in [-0.2, -0.15) is 10.4 Å². The van der Waals surface area contributed by atoms with Gasteiger partial charge in [0.1, 0.15) is 12.0 Å². The Bertz CT molecular complexity index is 1780. The molecule has 1 aliphatic rings. The lowest BCUT2D eigenvalue weighted by Crippen LogP contribution is -2.17. The predicted molar refractivity (Wildman–Crippen MR) is 161 cm³/mol. The van der Waals surface area contributed by atoms with Gasteiger partial charge in [-0.1, -0.05) is 42.6 Å². The number of carbonyl (C=O) groups is 1. The topological polar surface area (TPSA) is 111 Å². The van der Waals surface area contributed by atoms with Gasteiger partial charge in [0.25, 0.3) is 0 Å². The van der Waals surface area contributed by atoms with Gasteiger partial charge in [-0.05, 0) is 61.6 Å². The summed E-state index contributed by atoms with van der Waals surface area (Å²) in [4.78, 5) is 22.2. The minimum absolute atomic E-state index is 0.0193. The zero-order valence-electron chi connectivity index (χ0n) is 23.2. The lowest BCUT2D eigenvalue weighted by Gasteiger charge is -2.21. The highest BCUT2D eigenvalue weighted by molar-refractivity contribution is 6.31. The molecule has 2 aromatic carbocycles. The van der Waals surface area contributed by atoms with Gasteiger partial charge < -0.3 is 10.1 Å². The van der Waals surface area contributed by atoms with Crippen LogP contribution in [0.3, 0.4) is 0 Å². The minimum atomic E-state index is -0.467. The van der Waals surface area contributed by atoms with Crippen LogP contribution < -0.4 is 5.32 Å². The molecule has 1 N–H and O–H groups in total. The summed E-state index contributed by atoms with van der Waals surface area (Å²) in [7, 11) is 0. The Morgan fingerprint density at radius 3 is 2.79 bits per heavy atom. The number of ether oxygens (including phenoxy) is 1. The summed E-state index contributed by atoms with van der Waals surface area (Å²) in [6.07, 6.45) is 12.2. The molecule has 10 heteroatoms. The number of carbonyl (C=O) groups excluding carboxylic acids is 1. The van der Waals surface area contributed by atoms with E-state index in [0.29, 0.717) is 34.3 Å². The van der Waals surface area contributed by atoms with Crippen LogP contribution in [0.5, 0.6) is 0 Å². The quantitative estimate of drug-likeness (QED) is 0.180. The molecule has 0 spiro atoms. The molecular formula is C32H30ClN7O2. The smallest absolute Gasteiger partial charge is 0.341 e. The molecular weight excluding hydrogens is 550 g/mol. The number of nitriles is 1. The molecule has 0 amide bonds. The van der Waals surface area contributed by atoms with Crippen LogP contribution in [-0.4, -0.2) is 30.3 Å². The van der Waals surface area contributed by atoms with Crippen molar-refractivity contribution in [2.45, 2.75) is 51.8 Å². The summed E-state index contributed by atoms with van der Waals surface area (Å²) in [5.74, 6) is -0.000862. The van der Waals surface area contributed by atoms with Gasteiger partial charge in [0.05, 0.1) is 41.7 Å². The number of nitrogens with one attached hydrogen (secondary N) is 1. The third-order valence-electron chi connectivity index (χ3n) is 8.03. The molecule has 5 aromatic rings. The number of esters is 1. The molecule has 0 aliphatic heterocycles. The number of nitrogens with zero attached hydrogens (tertiary/aromatic N) is 6. The average molecular weight is 580 g/mol. The molecule has 1 unspecified atom stereocenters. The molecule has 42 heavy (non-hydrogen) atoms. The van der Waals surface area contributed by atoms with E-state index in [1.165, 1.54) is 19.2 Å². The van der Waals surface area contributed by atoms with Gasteiger partial charge in [-0.15, -0.1) is 0 Å². The van der Waals surface area contributed by atoms with E-state index in [1.54, 1.807) is 22.9 Å². The highest BCUT2D eigenvalue weighted by atomic mass is 35.5. The molecule has 1 atom stereocenters. The first kappa shape index (κ1) is 27.5. The largest absolute Gasteiger partial charge is 0.440 e. The van der Waals surface area contributed by atoms with Gasteiger partial charge >= 0.3 is 5.97 Å². The van der Waals surface area contributed by atoms with Crippen LogP contribution in [0, 0.1) is 24.2 Å². The first-order valence-electron chi connectivity index (χ1n) is 14.0. The fourth-order valence-corrected chi connectivity index (χ4v) is 5.93. The molecule has 0 radical (unpaired) electrons. The Labute approximate surface area is 248 Å². The van der Waals surface area contributed by atoms with E-state index in [-0.39, 0.29) is 12.8 Å². The molecule has 3 aromatic heterocycles. The van der Waals surface area contributed by atoms with Crippen LogP contribution >= 0.6 is 11.6 Å². The highest BCUT2D eigenvalue weighted by Gasteiger charge is 2.27. The second-order valence-corrected chi connectivity index (χ2v) is 11.0. The van der Waals surface area contributed by atoms with E-state index in [4.69, 9.17) is 16.3 Å². The van der Waals surface area contributed by atoms with Gasteiger partial charge in [0.15, 0.2) is 6.73 Å². The minimum Gasteiger partial charge on any atom is -0.440 e. The number of anilines is 2. The van der Waals surface area contributed by atoms with Crippen molar-refractivity contribution in [3.05, 3.63) is 89.6 Å². The molecule has 0 saturated heterocycles. The number of rotatable bonds is 9. The predicted octanol–water partition coefficient (Wildman–Crippen LogP) is 7.46. The van der Waals surface area contributed by atoms with Crippen molar-refractivity contribution in [1.29, 1.82) is 5.26 Å². The van der Waals surface area contributed by atoms with E-state index >= 15 is 0 Å². The maximum Gasteiger partial charge on any atom is 0.341 e. The fourth-order valence-electron chi connectivity index (χ4n) is 5.76. The summed E-state index contributed by atoms with van der Waals surface area (Å²) in [6, 6.07) is 17.1. The number of fused-ring (bicyclic) bond motifs is 1. The summed E-state index contributed by atoms with van der Waals surface area (Å²) >= 11 is 6.28. The van der Waals surface area contributed by atoms with E-state index in [2.05, 4.69) is 26.5 Å². The first-order chi connectivity index (χ1) is 20.5. The lowest BCUT2D eigenvalue weighted by atomic mass is 9.96. The first-order valence-corrected chi connectivity index (χ1v) is 14.4. The highest BCUT2D eigenvalue weighted by Crippen LogP contribution is 2.37. The Hall–Kier alpha value is -4.68. The molecule has 1 aliphatic carbocycles. The number of hydrogen-bond donors (Lipinski definition) is 1. The van der Waals surface area contributed by atoms with Gasteiger partial charge in [-0.3, -0.25) is 9.25 Å². The molecule has 0 bridgehead atoms. The van der Waals surface area contributed by atoms with Crippen LogP contribution in [0.15, 0.2) is 73.4 Å². The van der Waals surface area contributed by atoms with Crippen molar-refractivity contribution in [1.82, 2.24) is 24.3 Å². The van der Waals surface area contributed by atoms with Gasteiger partial charge in [-0.25, -0.2) is 14.8 Å². The van der Waals surface area contributed by atoms with Crippen LogP contribution in [0.2, 0.25) is 5.02 Å². The van der Waals surface area contributed by atoms with E-state index in [0.717, 1.165) is 40.7 Å². The standard InChI is InChI=1S/C32H30ClN7O2/c1-21-26(33)10-6-12-27(21)38-28-11-5-4-9-24(28)32(41)42-20-39-16-14-25-30(35-19-36-31(25)39)23-17-37-40(18-23)29(13-15-34)22-7-2-3-8-22/h4-6,9-12,14,16-19,22,29,38H,2-3,7-8,13,20H2,1H3. The molecule has 9 nitrogen and oxygen atoms in total. The number of aromatic nitrogens is 5. The number of para-hydroxylation sites is 1. The Morgan fingerprint density at radius 1 is 1.14 bits per heavy atom. The van der Waals surface area contributed by atoms with Crippen molar-refractivity contribution in [3.63, 3.8) is 0 Å². The number of halogens is 1. The van der Waals surface area contributed by atoms with Crippen LogP contribution in [-0.2, 0) is 11.5 Å². The summed E-state index contributed by atoms with van der Waals surface area (Å²) in [5.41, 5.74) is 4.98. The normalized spacial score (nSPS) is 14.1. The molecule has 212 valence electrons. The maximum atomic E-state index is 13.2. The van der Waals surface area contributed by atoms with Crippen molar-refractivity contribution in [3.8, 4) is 17.3 Å².